The Labute approximate surface area is 146 Å². The van der Waals surface area contributed by atoms with Crippen LogP contribution in [-0.2, 0) is 16.6 Å². The van der Waals surface area contributed by atoms with Crippen LogP contribution in [0.1, 0.15) is 57.6 Å². The van der Waals surface area contributed by atoms with Crippen LogP contribution >= 0.6 is 0 Å². The van der Waals surface area contributed by atoms with Crippen LogP contribution in [0.5, 0.6) is 0 Å². The van der Waals surface area contributed by atoms with Gasteiger partial charge in [-0.25, -0.2) is 0 Å². The zero-order valence-corrected chi connectivity index (χ0v) is 15.3. The number of benzene rings is 1. The van der Waals surface area contributed by atoms with Crippen molar-refractivity contribution in [3.8, 4) is 0 Å². The smallest absolute Gasteiger partial charge is 0.222 e. The van der Waals surface area contributed by atoms with E-state index in [4.69, 9.17) is 0 Å². The quantitative estimate of drug-likeness (QED) is 0.921. The summed E-state index contributed by atoms with van der Waals surface area (Å²) in [6.45, 7) is 8.44. The maximum absolute atomic E-state index is 12.7. The van der Waals surface area contributed by atoms with Crippen molar-refractivity contribution >= 4 is 5.91 Å². The number of aryl methyl sites for hydroxylation is 1. The fraction of sp³-hybridized carbons (Fsp3) is 0.667. The Morgan fingerprint density at radius 1 is 1.21 bits per heavy atom. The van der Waals surface area contributed by atoms with Crippen LogP contribution in [0.4, 0.5) is 0 Å². The van der Waals surface area contributed by atoms with E-state index in [-0.39, 0.29) is 23.3 Å². The average Bonchev–Trinajstić information content (AvgIpc) is 2.80. The lowest BCUT2D eigenvalue weighted by Gasteiger charge is -2.35. The van der Waals surface area contributed by atoms with Crippen molar-refractivity contribution in [2.24, 2.45) is 11.3 Å². The first-order valence-corrected chi connectivity index (χ1v) is 9.33. The van der Waals surface area contributed by atoms with E-state index in [0.717, 1.165) is 32.2 Å². The number of nitrogens with zero attached hydrogens (tertiary/aromatic N) is 1. The number of rotatable bonds is 3. The summed E-state index contributed by atoms with van der Waals surface area (Å²) in [5.41, 5.74) is 2.57. The number of likely N-dealkylation sites (tertiary alicyclic amines) is 1. The molecule has 1 aliphatic heterocycles. The van der Waals surface area contributed by atoms with Crippen LogP contribution in [-0.4, -0.2) is 35.6 Å². The van der Waals surface area contributed by atoms with Crippen molar-refractivity contribution in [2.45, 2.75) is 58.3 Å². The second-order valence-electron chi connectivity index (χ2n) is 8.80. The van der Waals surface area contributed by atoms with Crippen molar-refractivity contribution in [1.29, 1.82) is 0 Å². The molecule has 1 fully saturated rings. The maximum atomic E-state index is 12.7. The van der Waals surface area contributed by atoms with Crippen molar-refractivity contribution in [2.75, 3.05) is 19.7 Å². The molecule has 1 amide bonds. The fourth-order valence-corrected chi connectivity index (χ4v) is 4.58. The minimum Gasteiger partial charge on any atom is -0.395 e. The molecule has 1 heterocycles. The third kappa shape index (κ3) is 3.23. The Morgan fingerprint density at radius 2 is 1.96 bits per heavy atom. The maximum Gasteiger partial charge on any atom is 0.222 e. The third-order valence-corrected chi connectivity index (χ3v) is 6.29. The minimum atomic E-state index is -0.270. The van der Waals surface area contributed by atoms with Crippen LogP contribution in [0.3, 0.4) is 0 Å². The van der Waals surface area contributed by atoms with Gasteiger partial charge in [0.05, 0.1) is 6.61 Å². The van der Waals surface area contributed by atoms with Gasteiger partial charge in [0.25, 0.3) is 0 Å². The van der Waals surface area contributed by atoms with Crippen LogP contribution in [0, 0.1) is 11.3 Å². The third-order valence-electron chi connectivity index (χ3n) is 6.29. The Morgan fingerprint density at radius 3 is 2.67 bits per heavy atom. The highest BCUT2D eigenvalue weighted by molar-refractivity contribution is 5.76. The van der Waals surface area contributed by atoms with Gasteiger partial charge in [-0.1, -0.05) is 45.0 Å². The molecule has 1 aromatic rings. The molecule has 0 spiro atoms. The Balaban J connectivity index is 1.78. The number of hydrogen-bond donors (Lipinski definition) is 1. The fourth-order valence-electron chi connectivity index (χ4n) is 4.58. The van der Waals surface area contributed by atoms with E-state index in [2.05, 4.69) is 45.0 Å². The minimum absolute atomic E-state index is 0.122. The van der Waals surface area contributed by atoms with Crippen molar-refractivity contribution < 1.29 is 9.90 Å². The number of aliphatic hydroxyl groups is 1. The molecule has 0 aromatic heterocycles. The summed E-state index contributed by atoms with van der Waals surface area (Å²) in [5.74, 6) is 0.853. The van der Waals surface area contributed by atoms with Gasteiger partial charge in [0, 0.05) is 24.9 Å². The molecule has 132 valence electrons. The molecule has 1 aromatic carbocycles. The lowest BCUT2D eigenvalue weighted by molar-refractivity contribution is -0.131. The number of aliphatic hydroxyl groups excluding tert-OH is 1. The van der Waals surface area contributed by atoms with Crippen LogP contribution in [0.25, 0.3) is 0 Å². The number of carbonyl (C=O) groups is 1. The second-order valence-corrected chi connectivity index (χ2v) is 8.80. The predicted molar refractivity (Wildman–Crippen MR) is 96.9 cm³/mol. The molecular weight excluding hydrogens is 298 g/mol. The molecule has 0 saturated carbocycles. The largest absolute Gasteiger partial charge is 0.395 e. The SMILES string of the molecule is CC(C)(C)[C@H]1CCC(=O)N(C[C@]2(CO)CCc3ccccc32)CC1. The zero-order valence-electron chi connectivity index (χ0n) is 15.3. The Kier molecular flexibility index (Phi) is 4.74. The number of amides is 1. The van der Waals surface area contributed by atoms with Gasteiger partial charge in [-0.05, 0) is 48.1 Å². The molecule has 3 nitrogen and oxygen atoms in total. The molecule has 1 aliphatic carbocycles. The monoisotopic (exact) mass is 329 g/mol. The van der Waals surface area contributed by atoms with E-state index in [1.165, 1.54) is 11.1 Å². The van der Waals surface area contributed by atoms with Gasteiger partial charge in [-0.2, -0.15) is 0 Å². The number of hydrogen-bond acceptors (Lipinski definition) is 2. The highest BCUT2D eigenvalue weighted by Gasteiger charge is 2.41. The first-order valence-electron chi connectivity index (χ1n) is 9.33. The molecule has 0 bridgehead atoms. The molecule has 1 saturated heterocycles. The summed E-state index contributed by atoms with van der Waals surface area (Å²) in [6, 6.07) is 8.41. The Bertz CT molecular complexity index is 604. The summed E-state index contributed by atoms with van der Waals surface area (Å²) in [6.07, 6.45) is 4.64. The summed E-state index contributed by atoms with van der Waals surface area (Å²) >= 11 is 0. The highest BCUT2D eigenvalue weighted by atomic mass is 16.3. The second kappa shape index (κ2) is 6.51. The normalized spacial score (nSPS) is 27.9. The summed E-state index contributed by atoms with van der Waals surface area (Å²) < 4.78 is 0. The number of fused-ring (bicyclic) bond motifs is 1. The average molecular weight is 329 g/mol. The number of carbonyl (C=O) groups excluding carboxylic acids is 1. The Hall–Kier alpha value is -1.35. The highest BCUT2D eigenvalue weighted by Crippen LogP contribution is 2.41. The van der Waals surface area contributed by atoms with Crippen molar-refractivity contribution in [1.82, 2.24) is 4.90 Å². The van der Waals surface area contributed by atoms with Crippen molar-refractivity contribution in [3.63, 3.8) is 0 Å². The molecule has 0 unspecified atom stereocenters. The molecule has 0 radical (unpaired) electrons. The summed E-state index contributed by atoms with van der Waals surface area (Å²) in [5, 5.41) is 10.2. The van der Waals surface area contributed by atoms with Gasteiger partial charge in [0.2, 0.25) is 5.91 Å². The molecule has 24 heavy (non-hydrogen) atoms. The first-order chi connectivity index (χ1) is 11.4. The van der Waals surface area contributed by atoms with Gasteiger partial charge in [-0.3, -0.25) is 4.79 Å². The molecule has 2 atom stereocenters. The molecular formula is C21H31NO2. The molecule has 2 aliphatic rings. The lowest BCUT2D eigenvalue weighted by atomic mass is 9.76. The van der Waals surface area contributed by atoms with Crippen LogP contribution in [0.2, 0.25) is 0 Å². The summed E-state index contributed by atoms with van der Waals surface area (Å²) in [7, 11) is 0. The standard InChI is InChI=1S/C21H31NO2/c1-20(2,3)17-8-9-19(24)22(13-11-17)14-21(15-23)12-10-16-6-4-5-7-18(16)21/h4-7,17,23H,8-15H2,1-3H3/t17-,21-/m0/s1. The van der Waals surface area contributed by atoms with Gasteiger partial charge >= 0.3 is 0 Å². The van der Waals surface area contributed by atoms with Crippen LogP contribution in [0.15, 0.2) is 24.3 Å². The van der Waals surface area contributed by atoms with E-state index in [1.54, 1.807) is 0 Å². The molecule has 3 rings (SSSR count). The first kappa shape index (κ1) is 17.5. The van der Waals surface area contributed by atoms with Gasteiger partial charge in [0.15, 0.2) is 0 Å². The van der Waals surface area contributed by atoms with Crippen molar-refractivity contribution in [3.05, 3.63) is 35.4 Å². The summed E-state index contributed by atoms with van der Waals surface area (Å²) in [4.78, 5) is 14.7. The lowest BCUT2D eigenvalue weighted by Crippen LogP contribution is -2.45. The molecule has 1 N–H and O–H groups in total. The van der Waals surface area contributed by atoms with E-state index in [9.17, 15) is 9.90 Å². The van der Waals surface area contributed by atoms with Gasteiger partial charge in [-0.15, -0.1) is 0 Å². The predicted octanol–water partition coefficient (Wildman–Crippen LogP) is 3.54. The van der Waals surface area contributed by atoms with E-state index >= 15 is 0 Å². The topological polar surface area (TPSA) is 40.5 Å². The van der Waals surface area contributed by atoms with Crippen LogP contribution < -0.4 is 0 Å². The van der Waals surface area contributed by atoms with Gasteiger partial charge in [0.1, 0.15) is 0 Å². The molecule has 3 heteroatoms. The van der Waals surface area contributed by atoms with E-state index < -0.39 is 0 Å². The van der Waals surface area contributed by atoms with Gasteiger partial charge < -0.3 is 10.0 Å². The van der Waals surface area contributed by atoms with E-state index in [1.807, 2.05) is 4.90 Å². The van der Waals surface area contributed by atoms with E-state index in [0.29, 0.717) is 18.9 Å². The zero-order chi connectivity index (χ0) is 17.4.